The van der Waals surface area contributed by atoms with Crippen LogP contribution in [-0.4, -0.2) is 50.8 Å². The van der Waals surface area contributed by atoms with Crippen LogP contribution in [0.15, 0.2) is 48.5 Å². The highest BCUT2D eigenvalue weighted by Gasteiger charge is 2.13. The van der Waals surface area contributed by atoms with Crippen molar-refractivity contribution < 1.29 is 19.0 Å². The number of likely N-dealkylation sites (N-methyl/N-ethyl adjacent to an activating group) is 1. The quantitative estimate of drug-likeness (QED) is 0.734. The minimum atomic E-state index is -0.0262. The lowest BCUT2D eigenvalue weighted by molar-refractivity contribution is -0.122. The molecule has 0 spiro atoms. The van der Waals surface area contributed by atoms with Gasteiger partial charge in [-0.25, -0.2) is 0 Å². The van der Waals surface area contributed by atoms with Crippen molar-refractivity contribution in [3.8, 4) is 17.2 Å². The monoisotopic (exact) mass is 356 g/mol. The summed E-state index contributed by atoms with van der Waals surface area (Å²) in [6.07, 6.45) is 0. The Morgan fingerprint density at radius 3 is 2.69 bits per heavy atom. The van der Waals surface area contributed by atoms with Crippen LogP contribution >= 0.6 is 0 Å². The molecule has 0 fully saturated rings. The zero-order valence-electron chi connectivity index (χ0n) is 14.9. The Kier molecular flexibility index (Phi) is 6.33. The maximum atomic E-state index is 12.0. The lowest BCUT2D eigenvalue weighted by Gasteiger charge is -2.21. The van der Waals surface area contributed by atoms with E-state index in [0.717, 1.165) is 22.8 Å². The molecular formula is C20H24N2O4. The Balaban J connectivity index is 1.37. The molecule has 0 saturated heterocycles. The summed E-state index contributed by atoms with van der Waals surface area (Å²) >= 11 is 0. The molecule has 6 heteroatoms. The third-order valence-electron chi connectivity index (χ3n) is 3.91. The molecule has 26 heavy (non-hydrogen) atoms. The fourth-order valence-corrected chi connectivity index (χ4v) is 2.73. The summed E-state index contributed by atoms with van der Waals surface area (Å²) in [7, 11) is 1.91. The Hall–Kier alpha value is -2.73. The predicted octanol–water partition coefficient (Wildman–Crippen LogP) is 2.08. The van der Waals surface area contributed by atoms with Crippen LogP contribution in [0.5, 0.6) is 17.2 Å². The first-order chi connectivity index (χ1) is 12.7. The van der Waals surface area contributed by atoms with E-state index in [1.165, 1.54) is 0 Å². The third-order valence-corrected chi connectivity index (χ3v) is 3.91. The van der Waals surface area contributed by atoms with Crippen molar-refractivity contribution in [1.82, 2.24) is 10.2 Å². The van der Waals surface area contributed by atoms with Crippen LogP contribution in [0.2, 0.25) is 0 Å². The van der Waals surface area contributed by atoms with Crippen molar-refractivity contribution in [3.05, 3.63) is 54.1 Å². The Bertz CT molecular complexity index is 721. The predicted molar refractivity (Wildman–Crippen MR) is 98.7 cm³/mol. The van der Waals surface area contributed by atoms with Crippen molar-refractivity contribution in [2.75, 3.05) is 40.0 Å². The van der Waals surface area contributed by atoms with Gasteiger partial charge in [-0.05, 0) is 36.9 Å². The number of ether oxygens (including phenoxy) is 3. The summed E-state index contributed by atoms with van der Waals surface area (Å²) in [5, 5.41) is 2.87. The SMILES string of the molecule is CN(CC(=O)NCCOc1ccccc1)Cc1ccc2c(c1)OCCO2. The molecule has 1 amide bonds. The first-order valence-electron chi connectivity index (χ1n) is 8.72. The molecule has 6 nitrogen and oxygen atoms in total. The normalized spacial score (nSPS) is 12.7. The van der Waals surface area contributed by atoms with E-state index < -0.39 is 0 Å². The minimum Gasteiger partial charge on any atom is -0.492 e. The molecule has 0 bridgehead atoms. The van der Waals surface area contributed by atoms with Gasteiger partial charge in [0.2, 0.25) is 5.91 Å². The molecule has 0 radical (unpaired) electrons. The van der Waals surface area contributed by atoms with Crippen LogP contribution in [0.4, 0.5) is 0 Å². The molecule has 2 aromatic rings. The van der Waals surface area contributed by atoms with Gasteiger partial charge in [-0.3, -0.25) is 9.69 Å². The van der Waals surface area contributed by atoms with Gasteiger partial charge < -0.3 is 19.5 Å². The van der Waals surface area contributed by atoms with E-state index in [9.17, 15) is 4.79 Å². The van der Waals surface area contributed by atoms with Crippen molar-refractivity contribution in [3.63, 3.8) is 0 Å². The molecule has 138 valence electrons. The lowest BCUT2D eigenvalue weighted by atomic mass is 10.2. The van der Waals surface area contributed by atoms with Gasteiger partial charge in [-0.15, -0.1) is 0 Å². The van der Waals surface area contributed by atoms with E-state index in [1.54, 1.807) is 0 Å². The van der Waals surface area contributed by atoms with Crippen LogP contribution in [0, 0.1) is 0 Å². The van der Waals surface area contributed by atoms with Crippen LogP contribution in [0.25, 0.3) is 0 Å². The fourth-order valence-electron chi connectivity index (χ4n) is 2.73. The van der Waals surface area contributed by atoms with Crippen molar-refractivity contribution >= 4 is 5.91 Å². The maximum Gasteiger partial charge on any atom is 0.234 e. The second kappa shape index (κ2) is 9.10. The number of para-hydroxylation sites is 1. The molecule has 1 heterocycles. The largest absolute Gasteiger partial charge is 0.492 e. The van der Waals surface area contributed by atoms with Gasteiger partial charge in [0.15, 0.2) is 11.5 Å². The van der Waals surface area contributed by atoms with Gasteiger partial charge in [0.25, 0.3) is 0 Å². The van der Waals surface area contributed by atoms with E-state index in [2.05, 4.69) is 5.32 Å². The highest BCUT2D eigenvalue weighted by molar-refractivity contribution is 5.77. The van der Waals surface area contributed by atoms with Gasteiger partial charge in [-0.2, -0.15) is 0 Å². The molecule has 1 aliphatic heterocycles. The minimum absolute atomic E-state index is 0.0262. The summed E-state index contributed by atoms with van der Waals surface area (Å²) in [4.78, 5) is 14.0. The standard InChI is InChI=1S/C20H24N2O4/c1-22(14-16-7-8-18-19(13-16)26-12-11-25-18)15-20(23)21-9-10-24-17-5-3-2-4-6-17/h2-8,13H,9-12,14-15H2,1H3,(H,21,23). The molecule has 1 aliphatic rings. The topological polar surface area (TPSA) is 60.0 Å². The van der Waals surface area contributed by atoms with Gasteiger partial charge in [0.1, 0.15) is 25.6 Å². The summed E-state index contributed by atoms with van der Waals surface area (Å²) in [6, 6.07) is 15.4. The first-order valence-corrected chi connectivity index (χ1v) is 8.72. The van der Waals surface area contributed by atoms with Gasteiger partial charge in [0, 0.05) is 6.54 Å². The third kappa shape index (κ3) is 5.39. The van der Waals surface area contributed by atoms with Crippen molar-refractivity contribution in [2.24, 2.45) is 0 Å². The Labute approximate surface area is 153 Å². The second-order valence-corrected chi connectivity index (χ2v) is 6.16. The number of nitrogens with one attached hydrogen (secondary N) is 1. The molecule has 2 aromatic carbocycles. The average molecular weight is 356 g/mol. The lowest BCUT2D eigenvalue weighted by Crippen LogP contribution is -2.36. The van der Waals surface area contributed by atoms with E-state index in [1.807, 2.05) is 60.5 Å². The van der Waals surface area contributed by atoms with E-state index in [-0.39, 0.29) is 5.91 Å². The van der Waals surface area contributed by atoms with Gasteiger partial charge in [0.05, 0.1) is 13.1 Å². The zero-order valence-corrected chi connectivity index (χ0v) is 14.9. The number of carbonyl (C=O) groups excluding carboxylic acids is 1. The van der Waals surface area contributed by atoms with Gasteiger partial charge in [-0.1, -0.05) is 24.3 Å². The highest BCUT2D eigenvalue weighted by atomic mass is 16.6. The van der Waals surface area contributed by atoms with Crippen LogP contribution in [0.3, 0.4) is 0 Å². The fraction of sp³-hybridized carbons (Fsp3) is 0.350. The Morgan fingerprint density at radius 1 is 1.12 bits per heavy atom. The summed E-state index contributed by atoms with van der Waals surface area (Å²) in [6.45, 7) is 3.05. The zero-order chi connectivity index (χ0) is 18.2. The number of benzene rings is 2. The number of hydrogen-bond acceptors (Lipinski definition) is 5. The van der Waals surface area contributed by atoms with Crippen molar-refractivity contribution in [2.45, 2.75) is 6.54 Å². The van der Waals surface area contributed by atoms with E-state index >= 15 is 0 Å². The van der Waals surface area contributed by atoms with Gasteiger partial charge >= 0.3 is 0 Å². The molecule has 0 aliphatic carbocycles. The van der Waals surface area contributed by atoms with Crippen LogP contribution < -0.4 is 19.5 Å². The summed E-state index contributed by atoms with van der Waals surface area (Å²) < 4.78 is 16.7. The maximum absolute atomic E-state index is 12.0. The summed E-state index contributed by atoms with van der Waals surface area (Å²) in [5.41, 5.74) is 1.08. The summed E-state index contributed by atoms with van der Waals surface area (Å²) in [5.74, 6) is 2.32. The van der Waals surface area contributed by atoms with Crippen molar-refractivity contribution in [1.29, 1.82) is 0 Å². The number of rotatable bonds is 8. The molecule has 0 saturated carbocycles. The number of fused-ring (bicyclic) bond motifs is 1. The Morgan fingerprint density at radius 2 is 1.88 bits per heavy atom. The van der Waals surface area contributed by atoms with E-state index in [0.29, 0.717) is 39.5 Å². The average Bonchev–Trinajstić information content (AvgIpc) is 2.66. The molecule has 0 unspecified atom stereocenters. The number of carbonyl (C=O) groups is 1. The second-order valence-electron chi connectivity index (χ2n) is 6.16. The van der Waals surface area contributed by atoms with E-state index in [4.69, 9.17) is 14.2 Å². The molecule has 0 aromatic heterocycles. The van der Waals surface area contributed by atoms with Crippen LogP contribution in [0.1, 0.15) is 5.56 Å². The molecular weight excluding hydrogens is 332 g/mol. The molecule has 0 atom stereocenters. The molecule has 3 rings (SSSR count). The smallest absolute Gasteiger partial charge is 0.234 e. The number of hydrogen-bond donors (Lipinski definition) is 1. The van der Waals surface area contributed by atoms with Crippen LogP contribution in [-0.2, 0) is 11.3 Å². The number of nitrogens with zero attached hydrogens (tertiary/aromatic N) is 1. The molecule has 1 N–H and O–H groups in total. The first kappa shape index (κ1) is 18.1. The number of amides is 1. The highest BCUT2D eigenvalue weighted by Crippen LogP contribution is 2.30.